The number of rotatable bonds is 7. The van der Waals surface area contributed by atoms with E-state index < -0.39 is 22.7 Å². The zero-order valence-corrected chi connectivity index (χ0v) is 18.0. The number of anilines is 2. The molecule has 2 aromatic carbocycles. The van der Waals surface area contributed by atoms with E-state index in [1.54, 1.807) is 0 Å². The van der Waals surface area contributed by atoms with Crippen molar-refractivity contribution >= 4 is 44.0 Å². The Morgan fingerprint density at radius 3 is 2.66 bits per heavy atom. The number of hydrogen-bond acceptors (Lipinski definition) is 7. The molecule has 0 aliphatic rings. The summed E-state index contributed by atoms with van der Waals surface area (Å²) in [6, 6.07) is 13.1. The Balaban J connectivity index is 1.90. The maximum absolute atomic E-state index is 13.8. The van der Waals surface area contributed by atoms with Crippen LogP contribution in [0.5, 0.6) is 0 Å². The van der Waals surface area contributed by atoms with Gasteiger partial charge in [0.1, 0.15) is 6.26 Å². The summed E-state index contributed by atoms with van der Waals surface area (Å²) in [7, 11) is -4.22. The zero-order chi connectivity index (χ0) is 22.9. The lowest BCUT2D eigenvalue weighted by molar-refractivity contribution is 0.0956. The lowest BCUT2D eigenvalue weighted by Gasteiger charge is -2.25. The summed E-state index contributed by atoms with van der Waals surface area (Å²) in [6.07, 6.45) is 0.0719. The molecule has 0 saturated carbocycles. The molecule has 9 nitrogen and oxygen atoms in total. The van der Waals surface area contributed by atoms with Crippen molar-refractivity contribution in [1.82, 2.24) is 10.1 Å². The second kappa shape index (κ2) is 8.75. The molecule has 0 amide bonds. The Labute approximate surface area is 187 Å². The van der Waals surface area contributed by atoms with Crippen LogP contribution in [0, 0.1) is 0 Å². The highest BCUT2D eigenvalue weighted by Crippen LogP contribution is 2.36. The summed E-state index contributed by atoms with van der Waals surface area (Å²) < 4.78 is 33.4. The number of benzene rings is 2. The van der Waals surface area contributed by atoms with E-state index in [2.05, 4.69) is 10.1 Å². The Morgan fingerprint density at radius 2 is 1.94 bits per heavy atom. The molecule has 0 radical (unpaired) electrons. The Bertz CT molecular complexity index is 1420. The Morgan fingerprint density at radius 1 is 1.12 bits per heavy atom. The van der Waals surface area contributed by atoms with E-state index >= 15 is 0 Å². The van der Waals surface area contributed by atoms with Crippen LogP contribution in [0.25, 0.3) is 10.9 Å². The lowest BCUT2D eigenvalue weighted by Crippen LogP contribution is -2.28. The highest BCUT2D eigenvalue weighted by molar-refractivity contribution is 7.93. The number of aliphatic hydroxyl groups is 2. The number of hydrogen-bond donors (Lipinski definition) is 3. The fourth-order valence-electron chi connectivity index (χ4n) is 3.32. The third kappa shape index (κ3) is 4.26. The number of aromatic amines is 1. The minimum absolute atomic E-state index is 0.00590. The van der Waals surface area contributed by atoms with Crippen molar-refractivity contribution in [3.8, 4) is 0 Å². The van der Waals surface area contributed by atoms with E-state index in [1.165, 1.54) is 60.9 Å². The van der Waals surface area contributed by atoms with Gasteiger partial charge in [-0.25, -0.2) is 12.7 Å². The van der Waals surface area contributed by atoms with E-state index in [9.17, 15) is 23.4 Å². The van der Waals surface area contributed by atoms with Gasteiger partial charge in [0.25, 0.3) is 10.0 Å². The molecule has 0 saturated heterocycles. The second-order valence-electron chi connectivity index (χ2n) is 7.01. The van der Waals surface area contributed by atoms with Crippen LogP contribution in [0.2, 0.25) is 5.02 Å². The van der Waals surface area contributed by atoms with Crippen LogP contribution in [0.4, 0.5) is 11.5 Å². The molecule has 2 aromatic heterocycles. The first-order chi connectivity index (χ1) is 15.3. The van der Waals surface area contributed by atoms with Crippen molar-refractivity contribution in [3.05, 3.63) is 81.8 Å². The number of nitrogens with one attached hydrogen (secondary N) is 1. The van der Waals surface area contributed by atoms with Gasteiger partial charge in [-0.2, -0.15) is 0 Å². The molecule has 0 aliphatic heterocycles. The van der Waals surface area contributed by atoms with Gasteiger partial charge in [0.05, 0.1) is 23.3 Å². The third-order valence-corrected chi connectivity index (χ3v) is 6.74. The first kappa shape index (κ1) is 22.0. The molecule has 1 unspecified atom stereocenters. The van der Waals surface area contributed by atoms with Gasteiger partial charge in [0, 0.05) is 29.1 Å². The molecule has 4 rings (SSSR count). The Kier molecular flexibility index (Phi) is 6.02. The van der Waals surface area contributed by atoms with E-state index in [4.69, 9.17) is 16.1 Å². The third-order valence-electron chi connectivity index (χ3n) is 4.79. The molecule has 4 aromatic rings. The van der Waals surface area contributed by atoms with Crippen molar-refractivity contribution in [2.24, 2.45) is 0 Å². The van der Waals surface area contributed by atoms with Crippen molar-refractivity contribution in [2.75, 3.05) is 10.9 Å². The number of pyridine rings is 1. The summed E-state index contributed by atoms with van der Waals surface area (Å²) in [5.74, 6) is -0.00590. The molecule has 0 aliphatic carbocycles. The topological polar surface area (TPSA) is 137 Å². The summed E-state index contributed by atoms with van der Waals surface area (Å²) in [5.41, 5.74) is 0.765. The van der Waals surface area contributed by atoms with E-state index in [0.717, 1.165) is 4.31 Å². The van der Waals surface area contributed by atoms with Gasteiger partial charge < -0.3 is 19.7 Å². The normalized spacial score (nSPS) is 12.7. The minimum atomic E-state index is -4.22. The van der Waals surface area contributed by atoms with Gasteiger partial charge in [-0.05, 0) is 53.4 Å². The van der Waals surface area contributed by atoms with E-state index in [0.29, 0.717) is 21.5 Å². The summed E-state index contributed by atoms with van der Waals surface area (Å²) in [5, 5.41) is 23.9. The molecule has 166 valence electrons. The lowest BCUT2D eigenvalue weighted by atomic mass is 10.1. The van der Waals surface area contributed by atoms with E-state index in [-0.39, 0.29) is 28.4 Å². The van der Waals surface area contributed by atoms with Gasteiger partial charge in [0.15, 0.2) is 5.82 Å². The quantitative estimate of drug-likeness (QED) is 0.373. The van der Waals surface area contributed by atoms with Crippen molar-refractivity contribution in [2.45, 2.75) is 17.4 Å². The average Bonchev–Trinajstić information content (AvgIpc) is 3.29. The molecule has 0 spiro atoms. The van der Waals surface area contributed by atoms with Crippen LogP contribution in [-0.2, 0) is 16.4 Å². The molecular weight excluding hydrogens is 458 g/mol. The number of aliphatic hydroxyl groups excluding tert-OH is 2. The fourth-order valence-corrected chi connectivity index (χ4v) is 5.02. The number of fused-ring (bicyclic) bond motifs is 1. The van der Waals surface area contributed by atoms with Crippen molar-refractivity contribution < 1.29 is 23.2 Å². The van der Waals surface area contributed by atoms with Crippen LogP contribution in [0.1, 0.15) is 5.56 Å². The number of nitrogens with zero attached hydrogens (tertiary/aromatic N) is 2. The molecule has 2 heterocycles. The molecule has 32 heavy (non-hydrogen) atoms. The largest absolute Gasteiger partial charge is 0.394 e. The van der Waals surface area contributed by atoms with Crippen LogP contribution in [-0.4, -0.2) is 41.5 Å². The summed E-state index contributed by atoms with van der Waals surface area (Å²) >= 11 is 6.11. The molecule has 11 heteroatoms. The predicted molar refractivity (Wildman–Crippen MR) is 119 cm³/mol. The van der Waals surface area contributed by atoms with Crippen molar-refractivity contribution in [1.29, 1.82) is 0 Å². The second-order valence-corrected chi connectivity index (χ2v) is 9.24. The summed E-state index contributed by atoms with van der Waals surface area (Å²) in [4.78, 5) is 14.1. The molecule has 3 N–H and O–H groups in total. The van der Waals surface area contributed by atoms with Gasteiger partial charge >= 0.3 is 0 Å². The number of H-pyrrole nitrogens is 1. The smallest absolute Gasteiger partial charge is 0.270 e. The number of halogens is 1. The van der Waals surface area contributed by atoms with Gasteiger partial charge in [-0.3, -0.25) is 4.79 Å². The highest BCUT2D eigenvalue weighted by Gasteiger charge is 2.31. The van der Waals surface area contributed by atoms with Crippen LogP contribution < -0.4 is 9.86 Å². The molecule has 0 bridgehead atoms. The van der Waals surface area contributed by atoms with Crippen LogP contribution in [0.15, 0.2) is 75.1 Å². The monoisotopic (exact) mass is 475 g/mol. The summed E-state index contributed by atoms with van der Waals surface area (Å²) in [6.45, 7) is -0.508. The zero-order valence-electron chi connectivity index (χ0n) is 16.5. The SMILES string of the molecule is O=c1ccc2cc(S(=O)(=O)N(c3ccon3)c3ccc(Cl)cc3CC(O)CO)ccc2[nH]1. The Hall–Kier alpha value is -3.18. The minimum Gasteiger partial charge on any atom is -0.394 e. The highest BCUT2D eigenvalue weighted by atomic mass is 35.5. The van der Waals surface area contributed by atoms with Gasteiger partial charge in [-0.1, -0.05) is 16.8 Å². The molecule has 1 atom stereocenters. The molecular formula is C21H18ClN3O6S. The fraction of sp³-hybridized carbons (Fsp3) is 0.143. The first-order valence-electron chi connectivity index (χ1n) is 9.46. The standard InChI is InChI=1S/C21H18ClN3O6S/c22-15-2-5-19(14(9-15)10-16(27)12-26)25(20-7-8-31-24-20)32(29,30)17-3-4-18-13(11-17)1-6-21(28)23-18/h1-9,11,16,26-27H,10,12H2,(H,23,28). The van der Waals surface area contributed by atoms with E-state index in [1.807, 2.05) is 0 Å². The van der Waals surface area contributed by atoms with Crippen LogP contribution in [0.3, 0.4) is 0 Å². The van der Waals surface area contributed by atoms with Gasteiger partial charge in [0.2, 0.25) is 5.56 Å². The average molecular weight is 476 g/mol. The van der Waals surface area contributed by atoms with Gasteiger partial charge in [-0.15, -0.1) is 0 Å². The first-order valence-corrected chi connectivity index (χ1v) is 11.3. The van der Waals surface area contributed by atoms with Crippen molar-refractivity contribution in [3.63, 3.8) is 0 Å². The molecule has 0 fully saturated rings. The maximum atomic E-state index is 13.8. The number of sulfonamides is 1. The van der Waals surface area contributed by atoms with Crippen LogP contribution >= 0.6 is 11.6 Å². The predicted octanol–water partition coefficient (Wildman–Crippen LogP) is 2.59. The number of aromatic nitrogens is 2. The maximum Gasteiger partial charge on any atom is 0.270 e.